The Labute approximate surface area is 129 Å². The number of hydrogen-bond donors (Lipinski definition) is 1. The van der Waals surface area contributed by atoms with Gasteiger partial charge in [-0.3, -0.25) is 0 Å². The molecule has 20 heavy (non-hydrogen) atoms. The van der Waals surface area contributed by atoms with Gasteiger partial charge in [0.1, 0.15) is 0 Å². The highest BCUT2D eigenvalue weighted by molar-refractivity contribution is 9.10. The Bertz CT molecular complexity index is 537. The van der Waals surface area contributed by atoms with Crippen molar-refractivity contribution >= 4 is 26.1 Å². The molecule has 0 amide bonds. The van der Waals surface area contributed by atoms with Crippen LogP contribution in [0.3, 0.4) is 0 Å². The number of rotatable bonds is 4. The lowest BCUT2D eigenvalue weighted by Crippen LogP contribution is -2.45. The molecule has 0 radical (unpaired) electrons. The van der Waals surface area contributed by atoms with Gasteiger partial charge >= 0.3 is 0 Å². The van der Waals surface area contributed by atoms with Gasteiger partial charge in [-0.15, -0.1) is 0 Å². The smallest absolute Gasteiger partial charge is 0.195 e. The van der Waals surface area contributed by atoms with E-state index in [4.69, 9.17) is 0 Å². The van der Waals surface area contributed by atoms with Crippen LogP contribution in [-0.2, 0) is 10.2 Å². The molecule has 1 fully saturated rings. The highest BCUT2D eigenvalue weighted by Crippen LogP contribution is 2.21. The van der Waals surface area contributed by atoms with Crippen LogP contribution in [0.1, 0.15) is 38.3 Å². The van der Waals surface area contributed by atoms with Gasteiger partial charge in [0, 0.05) is 23.6 Å². The van der Waals surface area contributed by atoms with E-state index >= 15 is 0 Å². The van der Waals surface area contributed by atoms with E-state index in [-0.39, 0.29) is 6.04 Å². The van der Waals surface area contributed by atoms with Gasteiger partial charge in [-0.25, -0.2) is 0 Å². The zero-order valence-corrected chi connectivity index (χ0v) is 14.2. The lowest BCUT2D eigenvalue weighted by Gasteiger charge is -2.30. The van der Waals surface area contributed by atoms with Gasteiger partial charge < -0.3 is 0 Å². The molecule has 0 aromatic heterocycles. The molecule has 1 unspecified atom stereocenters. The maximum atomic E-state index is 12.3. The lowest BCUT2D eigenvalue weighted by atomic mass is 10.0. The third-order valence-electron chi connectivity index (χ3n) is 3.78. The van der Waals surface area contributed by atoms with Crippen molar-refractivity contribution in [3.8, 4) is 0 Å². The maximum absolute atomic E-state index is 12.3. The van der Waals surface area contributed by atoms with Gasteiger partial charge in [-0.2, -0.15) is 17.4 Å². The number of hydrogen-bond acceptors (Lipinski definition) is 2. The molecule has 0 aliphatic carbocycles. The molecule has 0 spiro atoms. The van der Waals surface area contributed by atoms with E-state index in [0.29, 0.717) is 19.0 Å². The Kier molecular flexibility index (Phi) is 5.23. The fraction of sp³-hybridized carbons (Fsp3) is 0.571. The van der Waals surface area contributed by atoms with Crippen molar-refractivity contribution in [1.82, 2.24) is 9.03 Å². The van der Waals surface area contributed by atoms with E-state index in [1.807, 2.05) is 31.2 Å². The van der Waals surface area contributed by atoms with Crippen molar-refractivity contribution < 1.29 is 8.42 Å². The van der Waals surface area contributed by atoms with E-state index in [1.54, 1.807) is 4.31 Å². The van der Waals surface area contributed by atoms with E-state index in [1.165, 1.54) is 0 Å². The van der Waals surface area contributed by atoms with Crippen molar-refractivity contribution in [3.63, 3.8) is 0 Å². The van der Waals surface area contributed by atoms with Crippen LogP contribution in [0.4, 0.5) is 0 Å². The third kappa shape index (κ3) is 4.04. The first-order chi connectivity index (χ1) is 9.38. The Morgan fingerprint density at radius 2 is 1.80 bits per heavy atom. The molecule has 1 heterocycles. The molecule has 112 valence electrons. The number of nitrogens with one attached hydrogen (secondary N) is 1. The fourth-order valence-corrected chi connectivity index (χ4v) is 4.03. The molecular formula is C14H21BrN2O2S. The van der Waals surface area contributed by atoms with E-state index in [2.05, 4.69) is 27.6 Å². The van der Waals surface area contributed by atoms with Crippen molar-refractivity contribution in [1.29, 1.82) is 0 Å². The van der Waals surface area contributed by atoms with E-state index in [9.17, 15) is 8.42 Å². The minimum absolute atomic E-state index is 0.229. The zero-order chi connectivity index (χ0) is 14.8. The van der Waals surface area contributed by atoms with Gasteiger partial charge in [0.2, 0.25) is 0 Å². The van der Waals surface area contributed by atoms with Crippen molar-refractivity contribution in [3.05, 3.63) is 34.3 Å². The normalized spacial score (nSPS) is 19.9. The summed E-state index contributed by atoms with van der Waals surface area (Å²) in [5.74, 6) is 0.616. The van der Waals surface area contributed by atoms with Crippen LogP contribution in [0.25, 0.3) is 0 Å². The molecule has 0 bridgehead atoms. The molecule has 0 saturated carbocycles. The summed E-state index contributed by atoms with van der Waals surface area (Å²) in [7, 11) is -3.39. The predicted molar refractivity (Wildman–Crippen MR) is 84.6 cm³/mol. The van der Waals surface area contributed by atoms with Crippen LogP contribution in [0.15, 0.2) is 28.7 Å². The number of piperidine rings is 1. The standard InChI is InChI=1S/C14H21BrN2O2S/c1-11-7-9-17(10-8-11)20(18,19)16-12(2)13-3-5-14(15)6-4-13/h3-6,11-12,16H,7-10H2,1-2H3. The molecule has 1 saturated heterocycles. The molecule has 1 N–H and O–H groups in total. The number of nitrogens with zero attached hydrogens (tertiary/aromatic N) is 1. The first kappa shape index (κ1) is 15.9. The molecular weight excluding hydrogens is 340 g/mol. The molecule has 1 aliphatic rings. The largest absolute Gasteiger partial charge is 0.279 e. The van der Waals surface area contributed by atoms with Crippen LogP contribution in [0.5, 0.6) is 0 Å². The summed E-state index contributed by atoms with van der Waals surface area (Å²) in [4.78, 5) is 0. The predicted octanol–water partition coefficient (Wildman–Crippen LogP) is 3.08. The van der Waals surface area contributed by atoms with Crippen LogP contribution < -0.4 is 4.72 Å². The second kappa shape index (κ2) is 6.56. The summed E-state index contributed by atoms with van der Waals surface area (Å²) in [6.07, 6.45) is 1.88. The Morgan fingerprint density at radius 3 is 2.35 bits per heavy atom. The third-order valence-corrected chi connectivity index (χ3v) is 6.00. The summed E-state index contributed by atoms with van der Waals surface area (Å²) in [6.45, 7) is 5.27. The van der Waals surface area contributed by atoms with Gasteiger partial charge in [-0.05, 0) is 43.4 Å². The first-order valence-electron chi connectivity index (χ1n) is 6.91. The van der Waals surface area contributed by atoms with Crippen LogP contribution in [0, 0.1) is 5.92 Å². The summed E-state index contributed by atoms with van der Waals surface area (Å²) in [5, 5.41) is 0. The Hall–Kier alpha value is -0.430. The summed E-state index contributed by atoms with van der Waals surface area (Å²) in [6, 6.07) is 7.46. The molecule has 1 aromatic carbocycles. The van der Waals surface area contributed by atoms with Gasteiger partial charge in [0.15, 0.2) is 0 Å². The van der Waals surface area contributed by atoms with Crippen LogP contribution >= 0.6 is 15.9 Å². The minimum atomic E-state index is -3.39. The van der Waals surface area contributed by atoms with E-state index < -0.39 is 10.2 Å². The highest BCUT2D eigenvalue weighted by Gasteiger charge is 2.27. The molecule has 1 aromatic rings. The average molecular weight is 361 g/mol. The monoisotopic (exact) mass is 360 g/mol. The average Bonchev–Trinajstić information content (AvgIpc) is 2.39. The van der Waals surface area contributed by atoms with Gasteiger partial charge in [0.05, 0.1) is 0 Å². The fourth-order valence-electron chi connectivity index (χ4n) is 2.34. The summed E-state index contributed by atoms with van der Waals surface area (Å²) < 4.78 is 30.0. The Morgan fingerprint density at radius 1 is 1.25 bits per heavy atom. The Balaban J connectivity index is 2.02. The topological polar surface area (TPSA) is 49.4 Å². The molecule has 1 aliphatic heterocycles. The lowest BCUT2D eigenvalue weighted by molar-refractivity contribution is 0.284. The van der Waals surface area contributed by atoms with Crippen molar-refractivity contribution in [2.45, 2.75) is 32.7 Å². The van der Waals surface area contributed by atoms with E-state index in [0.717, 1.165) is 22.9 Å². The van der Waals surface area contributed by atoms with Crippen molar-refractivity contribution in [2.75, 3.05) is 13.1 Å². The SMILES string of the molecule is CC1CCN(S(=O)(=O)NC(C)c2ccc(Br)cc2)CC1. The summed E-state index contributed by atoms with van der Waals surface area (Å²) in [5.41, 5.74) is 0.960. The molecule has 4 nitrogen and oxygen atoms in total. The van der Waals surface area contributed by atoms with Crippen LogP contribution in [-0.4, -0.2) is 25.8 Å². The second-order valence-electron chi connectivity index (χ2n) is 5.48. The maximum Gasteiger partial charge on any atom is 0.279 e. The van der Waals surface area contributed by atoms with Crippen LogP contribution in [0.2, 0.25) is 0 Å². The molecule has 6 heteroatoms. The van der Waals surface area contributed by atoms with Crippen molar-refractivity contribution in [2.24, 2.45) is 5.92 Å². The quantitative estimate of drug-likeness (QED) is 0.896. The van der Waals surface area contributed by atoms with Gasteiger partial charge in [0.25, 0.3) is 10.2 Å². The number of benzene rings is 1. The second-order valence-corrected chi connectivity index (χ2v) is 8.10. The molecule has 1 atom stereocenters. The minimum Gasteiger partial charge on any atom is -0.195 e. The highest BCUT2D eigenvalue weighted by atomic mass is 79.9. The zero-order valence-electron chi connectivity index (χ0n) is 11.8. The molecule has 2 rings (SSSR count). The number of halogens is 1. The summed E-state index contributed by atoms with van der Waals surface area (Å²) >= 11 is 3.38. The van der Waals surface area contributed by atoms with Gasteiger partial charge in [-0.1, -0.05) is 35.0 Å². The first-order valence-corrected chi connectivity index (χ1v) is 9.14.